The van der Waals surface area contributed by atoms with Crippen LogP contribution in [0.2, 0.25) is 0 Å². The molecule has 0 fully saturated rings. The number of nitrogens with two attached hydrogens (primary N) is 1. The zero-order chi connectivity index (χ0) is 16.0. The molecular weight excluding hydrogens is 308 g/mol. The Hall–Kier alpha value is -1.95. The van der Waals surface area contributed by atoms with Crippen molar-refractivity contribution in [3.05, 3.63) is 38.7 Å². The predicted octanol–water partition coefficient (Wildman–Crippen LogP) is 2.44. The maximum atomic E-state index is 12.9. The van der Waals surface area contributed by atoms with Gasteiger partial charge in [-0.25, -0.2) is 0 Å². The van der Waals surface area contributed by atoms with Crippen LogP contribution in [0.3, 0.4) is 0 Å². The third-order valence-corrected chi connectivity index (χ3v) is 6.01. The first kappa shape index (κ1) is 14.6. The smallest absolute Gasteiger partial charge is 0.264 e. The Kier molecular flexibility index (Phi) is 3.56. The van der Waals surface area contributed by atoms with Crippen molar-refractivity contribution in [2.45, 2.75) is 39.2 Å². The van der Waals surface area contributed by atoms with Crippen molar-refractivity contribution in [2.24, 2.45) is 5.92 Å². The number of hydrogen-bond donors (Lipinski definition) is 1. The van der Waals surface area contributed by atoms with Gasteiger partial charge in [0, 0.05) is 24.4 Å². The summed E-state index contributed by atoms with van der Waals surface area (Å²) in [4.78, 5) is 17.0. The van der Waals surface area contributed by atoms with E-state index in [0.29, 0.717) is 18.9 Å². The molecule has 2 N–H and O–H groups in total. The lowest BCUT2D eigenvalue weighted by atomic mass is 9.90. The van der Waals surface area contributed by atoms with Crippen LogP contribution in [0.25, 0.3) is 0 Å². The number of carbonyl (C=O) groups is 1. The summed E-state index contributed by atoms with van der Waals surface area (Å²) in [6.45, 7) is 3.56. The van der Waals surface area contributed by atoms with Gasteiger partial charge >= 0.3 is 0 Å². The zero-order valence-electron chi connectivity index (χ0n) is 13.2. The summed E-state index contributed by atoms with van der Waals surface area (Å²) in [5.74, 6) is 1.28. The van der Waals surface area contributed by atoms with Crippen molar-refractivity contribution in [2.75, 3.05) is 12.3 Å². The standard InChI is InChI=1S/C17H20N4OS/c1-10-2-3-14-11(6-10)7-15(23-14)17(22)21-5-4-13-12(9-21)8-16(18)20-19-13/h7-8,10H,2-6,9H2,1H3,(H2,18,20). The molecule has 1 aliphatic heterocycles. The molecule has 3 heterocycles. The molecule has 6 heteroatoms. The minimum absolute atomic E-state index is 0.137. The maximum Gasteiger partial charge on any atom is 0.264 e. The SMILES string of the molecule is CC1CCc2sc(C(=O)N3CCc4nnc(N)cc4C3)cc2C1. The van der Waals surface area contributed by atoms with Gasteiger partial charge in [0.25, 0.3) is 5.91 Å². The average molecular weight is 328 g/mol. The van der Waals surface area contributed by atoms with E-state index >= 15 is 0 Å². The van der Waals surface area contributed by atoms with Crippen LogP contribution in [-0.2, 0) is 25.8 Å². The average Bonchev–Trinajstić information content (AvgIpc) is 2.96. The maximum absolute atomic E-state index is 12.9. The van der Waals surface area contributed by atoms with Gasteiger partial charge in [-0.05, 0) is 48.4 Å². The largest absolute Gasteiger partial charge is 0.382 e. The Labute approximate surface area is 139 Å². The summed E-state index contributed by atoms with van der Waals surface area (Å²) in [6, 6.07) is 3.95. The molecule has 2 aromatic heterocycles. The van der Waals surface area contributed by atoms with Gasteiger partial charge in [0.05, 0.1) is 10.6 Å². The highest BCUT2D eigenvalue weighted by Crippen LogP contribution is 2.33. The van der Waals surface area contributed by atoms with E-state index in [1.165, 1.54) is 16.9 Å². The van der Waals surface area contributed by atoms with Crippen LogP contribution in [-0.4, -0.2) is 27.5 Å². The highest BCUT2D eigenvalue weighted by Gasteiger charge is 2.26. The molecule has 0 spiro atoms. The van der Waals surface area contributed by atoms with Crippen molar-refractivity contribution in [1.82, 2.24) is 15.1 Å². The second-order valence-corrected chi connectivity index (χ2v) is 7.76. The molecule has 5 nitrogen and oxygen atoms in total. The van der Waals surface area contributed by atoms with Gasteiger partial charge in [-0.1, -0.05) is 6.92 Å². The minimum atomic E-state index is 0.137. The fourth-order valence-electron chi connectivity index (χ4n) is 3.49. The van der Waals surface area contributed by atoms with Gasteiger partial charge < -0.3 is 10.6 Å². The second-order valence-electron chi connectivity index (χ2n) is 6.62. The highest BCUT2D eigenvalue weighted by atomic mass is 32.1. The number of carbonyl (C=O) groups excluding carboxylic acids is 1. The number of hydrogen-bond acceptors (Lipinski definition) is 5. The number of aryl methyl sites for hydroxylation is 1. The first-order valence-electron chi connectivity index (χ1n) is 8.12. The van der Waals surface area contributed by atoms with Crippen molar-refractivity contribution < 1.29 is 4.79 Å². The Bertz CT molecular complexity index is 770. The Morgan fingerprint density at radius 3 is 3.04 bits per heavy atom. The van der Waals surface area contributed by atoms with E-state index in [2.05, 4.69) is 23.2 Å². The molecule has 0 saturated carbocycles. The lowest BCUT2D eigenvalue weighted by Crippen LogP contribution is -2.36. The van der Waals surface area contributed by atoms with Gasteiger partial charge in [-0.3, -0.25) is 4.79 Å². The van der Waals surface area contributed by atoms with Crippen molar-refractivity contribution in [3.63, 3.8) is 0 Å². The lowest BCUT2D eigenvalue weighted by Gasteiger charge is -2.27. The molecule has 1 atom stereocenters. The predicted molar refractivity (Wildman–Crippen MR) is 90.4 cm³/mol. The van der Waals surface area contributed by atoms with E-state index in [4.69, 9.17) is 5.73 Å². The molecule has 0 saturated heterocycles. The van der Waals surface area contributed by atoms with Gasteiger partial charge in [-0.2, -0.15) is 5.10 Å². The first-order valence-corrected chi connectivity index (χ1v) is 8.93. The van der Waals surface area contributed by atoms with E-state index in [-0.39, 0.29) is 5.91 Å². The van der Waals surface area contributed by atoms with Crippen LogP contribution in [0.5, 0.6) is 0 Å². The fraction of sp³-hybridized carbons (Fsp3) is 0.471. The molecule has 2 aromatic rings. The van der Waals surface area contributed by atoms with Crippen molar-refractivity contribution >= 4 is 23.1 Å². The number of anilines is 1. The van der Waals surface area contributed by atoms with E-state index in [9.17, 15) is 4.79 Å². The number of rotatable bonds is 1. The van der Waals surface area contributed by atoms with E-state index < -0.39 is 0 Å². The molecule has 0 radical (unpaired) electrons. The normalized spacial score (nSPS) is 20.0. The van der Waals surface area contributed by atoms with Gasteiger partial charge in [0.2, 0.25) is 0 Å². The summed E-state index contributed by atoms with van der Waals surface area (Å²) in [5.41, 5.74) is 9.08. The first-order chi connectivity index (χ1) is 11.1. The highest BCUT2D eigenvalue weighted by molar-refractivity contribution is 7.14. The zero-order valence-corrected chi connectivity index (χ0v) is 14.0. The van der Waals surface area contributed by atoms with Gasteiger partial charge in [0.1, 0.15) is 5.82 Å². The molecular formula is C17H20N4OS. The van der Waals surface area contributed by atoms with E-state index in [1.54, 1.807) is 11.3 Å². The van der Waals surface area contributed by atoms with Crippen molar-refractivity contribution in [1.29, 1.82) is 0 Å². The quantitative estimate of drug-likeness (QED) is 0.873. The topological polar surface area (TPSA) is 72.1 Å². The molecule has 0 bridgehead atoms. The summed E-state index contributed by atoms with van der Waals surface area (Å²) >= 11 is 1.68. The lowest BCUT2D eigenvalue weighted by molar-refractivity contribution is 0.0738. The van der Waals surface area contributed by atoms with Crippen LogP contribution in [0.4, 0.5) is 5.82 Å². The Morgan fingerprint density at radius 2 is 2.17 bits per heavy atom. The third-order valence-electron chi connectivity index (χ3n) is 4.79. The van der Waals surface area contributed by atoms with Gasteiger partial charge in [-0.15, -0.1) is 16.4 Å². The number of nitrogens with zero attached hydrogens (tertiary/aromatic N) is 3. The number of amides is 1. The fourth-order valence-corrected chi connectivity index (χ4v) is 4.66. The number of nitrogen functional groups attached to an aromatic ring is 1. The summed E-state index contributed by atoms with van der Waals surface area (Å²) in [7, 11) is 0. The molecule has 2 aliphatic rings. The number of aromatic nitrogens is 2. The molecule has 0 aromatic carbocycles. The van der Waals surface area contributed by atoms with Crippen LogP contribution in [0.1, 0.15) is 44.7 Å². The molecule has 1 unspecified atom stereocenters. The number of fused-ring (bicyclic) bond motifs is 2. The monoisotopic (exact) mass is 328 g/mol. The molecule has 1 amide bonds. The van der Waals surface area contributed by atoms with Crippen molar-refractivity contribution in [3.8, 4) is 0 Å². The van der Waals surface area contributed by atoms with Crippen LogP contribution >= 0.6 is 11.3 Å². The molecule has 23 heavy (non-hydrogen) atoms. The van der Waals surface area contributed by atoms with Crippen LogP contribution in [0.15, 0.2) is 12.1 Å². The van der Waals surface area contributed by atoms with E-state index in [1.807, 2.05) is 11.0 Å². The van der Waals surface area contributed by atoms with Gasteiger partial charge in [0.15, 0.2) is 0 Å². The third kappa shape index (κ3) is 2.72. The van der Waals surface area contributed by atoms with Crippen LogP contribution < -0.4 is 5.73 Å². The molecule has 1 aliphatic carbocycles. The Morgan fingerprint density at radius 1 is 1.30 bits per heavy atom. The molecule has 4 rings (SSSR count). The number of thiophene rings is 1. The summed E-state index contributed by atoms with van der Waals surface area (Å²) in [6.07, 6.45) is 4.20. The minimum Gasteiger partial charge on any atom is -0.382 e. The Balaban J connectivity index is 1.56. The van der Waals surface area contributed by atoms with E-state index in [0.717, 1.165) is 41.3 Å². The summed E-state index contributed by atoms with van der Waals surface area (Å²) < 4.78 is 0. The second kappa shape index (κ2) is 5.60. The van der Waals surface area contributed by atoms with Crippen LogP contribution in [0, 0.1) is 5.92 Å². The molecule has 120 valence electrons. The summed E-state index contributed by atoms with van der Waals surface area (Å²) in [5, 5.41) is 8.03.